The van der Waals surface area contributed by atoms with Crippen LogP contribution in [0.1, 0.15) is 6.92 Å². The van der Waals surface area contributed by atoms with Gasteiger partial charge in [-0.05, 0) is 13.0 Å². The van der Waals surface area contributed by atoms with Crippen LogP contribution in [-0.4, -0.2) is 7.11 Å². The fraction of sp³-hybridized carbons (Fsp3) is 0.333. The Kier molecular flexibility index (Phi) is 3.51. The number of methoxy groups -OCH3 is 1. The molecule has 0 aliphatic rings. The molecule has 0 bridgehead atoms. The summed E-state index contributed by atoms with van der Waals surface area (Å²) in [7, 11) is 1.45. The van der Waals surface area contributed by atoms with Crippen LogP contribution >= 0.6 is 0 Å². The fourth-order valence-electron chi connectivity index (χ4n) is 0.396. The van der Waals surface area contributed by atoms with Crippen molar-refractivity contribution in [2.24, 2.45) is 5.73 Å². The van der Waals surface area contributed by atoms with Crippen LogP contribution in [0.15, 0.2) is 23.9 Å². The molecule has 0 aliphatic carbocycles. The maximum atomic E-state index is 11.8. The van der Waals surface area contributed by atoms with Gasteiger partial charge in [-0.25, -0.2) is 0 Å². The van der Waals surface area contributed by atoms with Crippen LogP contribution in [-0.2, 0) is 4.74 Å². The van der Waals surface area contributed by atoms with Gasteiger partial charge in [0.1, 0.15) is 5.76 Å². The first-order valence-corrected chi connectivity index (χ1v) is 2.53. The van der Waals surface area contributed by atoms with Gasteiger partial charge >= 0.3 is 0 Å². The van der Waals surface area contributed by atoms with E-state index in [9.17, 15) is 4.39 Å². The van der Waals surface area contributed by atoms with Crippen molar-refractivity contribution in [3.05, 3.63) is 23.9 Å². The Morgan fingerprint density at radius 2 is 2.22 bits per heavy atom. The Balaban J connectivity index is 4.01. The number of rotatable bonds is 2. The summed E-state index contributed by atoms with van der Waals surface area (Å²) in [5.41, 5.74) is 4.72. The molecule has 0 aromatic rings. The number of halogens is 1. The molecule has 52 valence electrons. The minimum absolute atomic E-state index is 0.426. The first kappa shape index (κ1) is 8.01. The van der Waals surface area contributed by atoms with Crippen LogP contribution in [0.25, 0.3) is 0 Å². The first-order valence-electron chi connectivity index (χ1n) is 2.53. The third-order valence-electron chi connectivity index (χ3n) is 0.800. The summed E-state index contributed by atoms with van der Waals surface area (Å²) < 4.78 is 16.5. The zero-order valence-corrected chi connectivity index (χ0v) is 5.52. The zero-order valence-electron chi connectivity index (χ0n) is 5.52. The third-order valence-corrected chi connectivity index (χ3v) is 0.800. The number of hydrogen-bond acceptors (Lipinski definition) is 2. The second kappa shape index (κ2) is 3.95. The SMILES string of the molecule is C/C=C(\C=C(/N)F)OC. The molecule has 2 nitrogen and oxygen atoms in total. The predicted octanol–water partition coefficient (Wildman–Crippen LogP) is 1.31. The van der Waals surface area contributed by atoms with E-state index in [-0.39, 0.29) is 0 Å². The molecule has 0 aliphatic heterocycles. The van der Waals surface area contributed by atoms with Crippen molar-refractivity contribution in [1.82, 2.24) is 0 Å². The minimum Gasteiger partial charge on any atom is -0.497 e. The average Bonchev–Trinajstić information content (AvgIpc) is 1.82. The highest BCUT2D eigenvalue weighted by Gasteiger charge is 1.88. The standard InChI is InChI=1S/C6H10FNO/c1-3-5(9-2)4-6(7)8/h3-4H,8H2,1-2H3/b5-3+,6-4-. The van der Waals surface area contributed by atoms with E-state index in [0.29, 0.717) is 5.76 Å². The highest BCUT2D eigenvalue weighted by atomic mass is 19.1. The van der Waals surface area contributed by atoms with Crippen LogP contribution in [0.3, 0.4) is 0 Å². The van der Waals surface area contributed by atoms with Gasteiger partial charge in [0.15, 0.2) is 5.95 Å². The van der Waals surface area contributed by atoms with Gasteiger partial charge in [-0.1, -0.05) is 0 Å². The van der Waals surface area contributed by atoms with Gasteiger partial charge in [0.2, 0.25) is 0 Å². The second-order valence-electron chi connectivity index (χ2n) is 1.42. The number of nitrogens with two attached hydrogens (primary N) is 1. The predicted molar refractivity (Wildman–Crippen MR) is 34.1 cm³/mol. The Hall–Kier alpha value is -0.990. The van der Waals surface area contributed by atoms with E-state index in [1.807, 2.05) is 0 Å². The van der Waals surface area contributed by atoms with Gasteiger partial charge in [0.25, 0.3) is 0 Å². The van der Waals surface area contributed by atoms with E-state index in [0.717, 1.165) is 6.08 Å². The molecular weight excluding hydrogens is 121 g/mol. The number of hydrogen-bond donors (Lipinski definition) is 1. The highest BCUT2D eigenvalue weighted by molar-refractivity contribution is 5.12. The monoisotopic (exact) mass is 131 g/mol. The molecule has 0 atom stereocenters. The van der Waals surface area contributed by atoms with E-state index < -0.39 is 5.95 Å². The highest BCUT2D eigenvalue weighted by Crippen LogP contribution is 1.99. The van der Waals surface area contributed by atoms with Crippen molar-refractivity contribution < 1.29 is 9.13 Å². The maximum absolute atomic E-state index is 11.8. The molecule has 0 saturated carbocycles. The lowest BCUT2D eigenvalue weighted by molar-refractivity contribution is 0.304. The normalized spacial score (nSPS) is 13.7. The lowest BCUT2D eigenvalue weighted by atomic mass is 10.4. The maximum Gasteiger partial charge on any atom is 0.188 e. The van der Waals surface area contributed by atoms with Crippen molar-refractivity contribution in [3.8, 4) is 0 Å². The van der Waals surface area contributed by atoms with Crippen molar-refractivity contribution in [2.45, 2.75) is 6.92 Å². The fourth-order valence-corrected chi connectivity index (χ4v) is 0.396. The summed E-state index contributed by atoms with van der Waals surface area (Å²) in [6.07, 6.45) is 2.73. The molecule has 0 spiro atoms. The summed E-state index contributed by atoms with van der Waals surface area (Å²) >= 11 is 0. The van der Waals surface area contributed by atoms with E-state index in [2.05, 4.69) is 4.74 Å². The van der Waals surface area contributed by atoms with Crippen LogP contribution in [0.2, 0.25) is 0 Å². The first-order chi connectivity index (χ1) is 4.20. The van der Waals surface area contributed by atoms with Gasteiger partial charge in [-0.2, -0.15) is 4.39 Å². The van der Waals surface area contributed by atoms with E-state index in [1.165, 1.54) is 7.11 Å². The molecule has 0 unspecified atom stereocenters. The lowest BCUT2D eigenvalue weighted by Gasteiger charge is -1.96. The molecule has 3 heteroatoms. The summed E-state index contributed by atoms with van der Waals surface area (Å²) in [4.78, 5) is 0. The van der Waals surface area contributed by atoms with E-state index in [4.69, 9.17) is 5.73 Å². The molecule has 0 aromatic carbocycles. The second-order valence-corrected chi connectivity index (χ2v) is 1.42. The molecule has 0 saturated heterocycles. The third kappa shape index (κ3) is 3.58. The number of allylic oxidation sites excluding steroid dienone is 2. The van der Waals surface area contributed by atoms with Gasteiger partial charge in [-0.15, -0.1) is 0 Å². The molecule has 2 N–H and O–H groups in total. The van der Waals surface area contributed by atoms with Crippen molar-refractivity contribution in [2.75, 3.05) is 7.11 Å². The van der Waals surface area contributed by atoms with Gasteiger partial charge in [0, 0.05) is 6.08 Å². The van der Waals surface area contributed by atoms with Gasteiger partial charge < -0.3 is 10.5 Å². The van der Waals surface area contributed by atoms with Crippen molar-refractivity contribution in [1.29, 1.82) is 0 Å². The lowest BCUT2D eigenvalue weighted by Crippen LogP contribution is -1.90. The van der Waals surface area contributed by atoms with Crippen LogP contribution < -0.4 is 5.73 Å². The Morgan fingerprint density at radius 1 is 1.67 bits per heavy atom. The van der Waals surface area contributed by atoms with Crippen LogP contribution in [0, 0.1) is 0 Å². The molecule has 0 rings (SSSR count). The quantitative estimate of drug-likeness (QED) is 0.348. The smallest absolute Gasteiger partial charge is 0.188 e. The minimum atomic E-state index is -0.745. The van der Waals surface area contributed by atoms with Gasteiger partial charge in [-0.3, -0.25) is 0 Å². The topological polar surface area (TPSA) is 35.2 Å². The molecule has 0 radical (unpaired) electrons. The average molecular weight is 131 g/mol. The molecule has 0 amide bonds. The largest absolute Gasteiger partial charge is 0.497 e. The molecular formula is C6H10FNO. The zero-order chi connectivity index (χ0) is 7.28. The molecule has 0 aromatic heterocycles. The number of ether oxygens (including phenoxy) is 1. The molecule has 9 heavy (non-hydrogen) atoms. The van der Waals surface area contributed by atoms with Crippen molar-refractivity contribution in [3.63, 3.8) is 0 Å². The molecule has 0 fully saturated rings. The van der Waals surface area contributed by atoms with E-state index >= 15 is 0 Å². The van der Waals surface area contributed by atoms with Gasteiger partial charge in [0.05, 0.1) is 7.11 Å². The van der Waals surface area contributed by atoms with Crippen LogP contribution in [0.4, 0.5) is 4.39 Å². The summed E-state index contributed by atoms with van der Waals surface area (Å²) in [6, 6.07) is 0. The summed E-state index contributed by atoms with van der Waals surface area (Å²) in [6.45, 7) is 1.73. The summed E-state index contributed by atoms with van der Waals surface area (Å²) in [5.74, 6) is -0.319. The van der Waals surface area contributed by atoms with Crippen molar-refractivity contribution >= 4 is 0 Å². The Labute approximate surface area is 53.8 Å². The Bertz CT molecular complexity index is 136. The molecule has 0 heterocycles. The van der Waals surface area contributed by atoms with E-state index in [1.54, 1.807) is 13.0 Å². The Morgan fingerprint density at radius 3 is 2.33 bits per heavy atom. The van der Waals surface area contributed by atoms with Crippen LogP contribution in [0.5, 0.6) is 0 Å². The summed E-state index contributed by atoms with van der Waals surface area (Å²) in [5, 5.41) is 0.